The van der Waals surface area contributed by atoms with Crippen LogP contribution in [0.15, 0.2) is 109 Å². The van der Waals surface area contributed by atoms with Gasteiger partial charge in [0, 0.05) is 12.5 Å². The standard InChI is InChI=1S/C29H21NO5/c31-27-24-16-7-8-17-25(24)28(32)30(27)26(18-20-10-3-1-4-11-20)29(33)35-23-15-9-14-22(19-23)34-21-12-5-2-6-13-21/h1-17,19,26H,18H2/t26-/m1/s1. The molecule has 1 heterocycles. The molecular weight excluding hydrogens is 442 g/mol. The number of ether oxygens (including phenoxy) is 2. The molecule has 35 heavy (non-hydrogen) atoms. The van der Waals surface area contributed by atoms with Crippen molar-refractivity contribution in [1.82, 2.24) is 4.90 Å². The van der Waals surface area contributed by atoms with E-state index in [4.69, 9.17) is 9.47 Å². The molecule has 0 unspecified atom stereocenters. The van der Waals surface area contributed by atoms with Gasteiger partial charge in [-0.15, -0.1) is 0 Å². The van der Waals surface area contributed by atoms with Gasteiger partial charge in [-0.3, -0.25) is 14.5 Å². The van der Waals surface area contributed by atoms with Crippen molar-refractivity contribution in [2.24, 2.45) is 0 Å². The highest BCUT2D eigenvalue weighted by Crippen LogP contribution is 2.29. The lowest BCUT2D eigenvalue weighted by molar-refractivity contribution is -0.138. The van der Waals surface area contributed by atoms with Crippen LogP contribution in [0, 0.1) is 0 Å². The van der Waals surface area contributed by atoms with E-state index in [1.165, 1.54) is 0 Å². The average Bonchev–Trinajstić information content (AvgIpc) is 3.14. The second-order valence-corrected chi connectivity index (χ2v) is 8.04. The number of benzene rings is 4. The van der Waals surface area contributed by atoms with E-state index in [0.717, 1.165) is 10.5 Å². The summed E-state index contributed by atoms with van der Waals surface area (Å²) in [6, 6.07) is 30.5. The third kappa shape index (κ3) is 4.68. The molecule has 6 nitrogen and oxygen atoms in total. The molecule has 1 aliphatic rings. The van der Waals surface area contributed by atoms with Crippen molar-refractivity contribution in [3.05, 3.63) is 126 Å². The maximum Gasteiger partial charge on any atom is 0.335 e. The number of nitrogens with zero attached hydrogens (tertiary/aromatic N) is 1. The van der Waals surface area contributed by atoms with E-state index in [1.807, 2.05) is 60.7 Å². The van der Waals surface area contributed by atoms with E-state index in [0.29, 0.717) is 11.5 Å². The van der Waals surface area contributed by atoms with E-state index in [9.17, 15) is 14.4 Å². The van der Waals surface area contributed by atoms with Crippen molar-refractivity contribution >= 4 is 17.8 Å². The minimum absolute atomic E-state index is 0.130. The van der Waals surface area contributed by atoms with Crippen LogP contribution in [-0.4, -0.2) is 28.7 Å². The molecule has 0 aliphatic carbocycles. The summed E-state index contributed by atoms with van der Waals surface area (Å²) in [6.45, 7) is 0. The van der Waals surface area contributed by atoms with Crippen LogP contribution in [0.4, 0.5) is 0 Å². The summed E-state index contributed by atoms with van der Waals surface area (Å²) in [5.74, 6) is -0.349. The van der Waals surface area contributed by atoms with Crippen LogP contribution >= 0.6 is 0 Å². The zero-order valence-electron chi connectivity index (χ0n) is 18.7. The van der Waals surface area contributed by atoms with E-state index in [2.05, 4.69) is 0 Å². The lowest BCUT2D eigenvalue weighted by Crippen LogP contribution is -2.48. The van der Waals surface area contributed by atoms with Crippen LogP contribution in [0.25, 0.3) is 0 Å². The average molecular weight is 463 g/mol. The number of carbonyl (C=O) groups is 3. The Kier molecular flexibility index (Phi) is 6.09. The molecular formula is C29H21NO5. The van der Waals surface area contributed by atoms with Gasteiger partial charge >= 0.3 is 5.97 Å². The van der Waals surface area contributed by atoms with Crippen LogP contribution in [0.1, 0.15) is 26.3 Å². The monoisotopic (exact) mass is 463 g/mol. The van der Waals surface area contributed by atoms with Gasteiger partial charge in [-0.2, -0.15) is 0 Å². The molecule has 0 fully saturated rings. The predicted octanol–water partition coefficient (Wildman–Crippen LogP) is 5.29. The van der Waals surface area contributed by atoms with Crippen molar-refractivity contribution in [3.8, 4) is 17.2 Å². The van der Waals surface area contributed by atoms with Gasteiger partial charge in [0.15, 0.2) is 0 Å². The number of hydrogen-bond acceptors (Lipinski definition) is 5. The van der Waals surface area contributed by atoms with Crippen molar-refractivity contribution in [1.29, 1.82) is 0 Å². The van der Waals surface area contributed by atoms with Gasteiger partial charge in [0.2, 0.25) is 0 Å². The Morgan fingerprint density at radius 3 is 1.86 bits per heavy atom. The maximum atomic E-state index is 13.4. The summed E-state index contributed by atoms with van der Waals surface area (Å²) in [5.41, 5.74) is 1.36. The van der Waals surface area contributed by atoms with Crippen molar-refractivity contribution in [3.63, 3.8) is 0 Å². The van der Waals surface area contributed by atoms with Gasteiger partial charge in [-0.25, -0.2) is 4.79 Å². The van der Waals surface area contributed by atoms with Crippen LogP contribution in [0.3, 0.4) is 0 Å². The fourth-order valence-electron chi connectivity index (χ4n) is 4.02. The van der Waals surface area contributed by atoms with Gasteiger partial charge in [-0.1, -0.05) is 66.7 Å². The topological polar surface area (TPSA) is 72.9 Å². The fourth-order valence-corrected chi connectivity index (χ4v) is 4.02. The summed E-state index contributed by atoms with van der Waals surface area (Å²) in [7, 11) is 0. The molecule has 0 bridgehead atoms. The van der Waals surface area contributed by atoms with Gasteiger partial charge in [0.1, 0.15) is 23.3 Å². The highest BCUT2D eigenvalue weighted by atomic mass is 16.5. The summed E-state index contributed by atoms with van der Waals surface area (Å²) >= 11 is 0. The molecule has 5 rings (SSSR count). The maximum absolute atomic E-state index is 13.4. The normalized spacial score (nSPS) is 13.3. The molecule has 0 saturated carbocycles. The van der Waals surface area contributed by atoms with E-state index in [1.54, 1.807) is 48.5 Å². The molecule has 0 saturated heterocycles. The number of fused-ring (bicyclic) bond motifs is 1. The lowest BCUT2D eigenvalue weighted by Gasteiger charge is -2.24. The third-order valence-electron chi connectivity index (χ3n) is 5.68. The lowest BCUT2D eigenvalue weighted by atomic mass is 10.0. The molecule has 1 atom stereocenters. The summed E-state index contributed by atoms with van der Waals surface area (Å²) in [4.78, 5) is 40.7. The number of hydrogen-bond donors (Lipinski definition) is 0. The van der Waals surface area contributed by atoms with Crippen molar-refractivity contribution in [2.75, 3.05) is 0 Å². The van der Waals surface area contributed by atoms with Gasteiger partial charge < -0.3 is 9.47 Å². The van der Waals surface area contributed by atoms with Gasteiger partial charge in [-0.05, 0) is 42.0 Å². The number of para-hydroxylation sites is 1. The minimum Gasteiger partial charge on any atom is -0.457 e. The summed E-state index contributed by atoms with van der Waals surface area (Å²) in [6.07, 6.45) is 0.130. The molecule has 0 radical (unpaired) electrons. The Bertz CT molecular complexity index is 1350. The Hall–Kier alpha value is -4.71. The van der Waals surface area contributed by atoms with E-state index >= 15 is 0 Å². The third-order valence-corrected chi connectivity index (χ3v) is 5.68. The number of rotatable bonds is 7. The molecule has 6 heteroatoms. The Morgan fingerprint density at radius 2 is 1.20 bits per heavy atom. The summed E-state index contributed by atoms with van der Waals surface area (Å²) < 4.78 is 11.5. The molecule has 2 amide bonds. The first-order chi connectivity index (χ1) is 17.1. The quantitative estimate of drug-likeness (QED) is 0.212. The van der Waals surface area contributed by atoms with Crippen molar-refractivity contribution in [2.45, 2.75) is 12.5 Å². The molecule has 1 aliphatic heterocycles. The predicted molar refractivity (Wildman–Crippen MR) is 129 cm³/mol. The SMILES string of the molecule is O=C(Oc1cccc(Oc2ccccc2)c1)[C@@H](Cc1ccccc1)N1C(=O)c2ccccc2C1=O. The van der Waals surface area contributed by atoms with Crippen LogP contribution < -0.4 is 9.47 Å². The number of carbonyl (C=O) groups excluding carboxylic acids is 3. The first-order valence-electron chi connectivity index (χ1n) is 11.2. The minimum atomic E-state index is -1.14. The fraction of sp³-hybridized carbons (Fsp3) is 0.0690. The Labute approximate surface area is 202 Å². The molecule has 172 valence electrons. The smallest absolute Gasteiger partial charge is 0.335 e. The first-order valence-corrected chi connectivity index (χ1v) is 11.2. The molecule has 4 aromatic carbocycles. The number of amides is 2. The number of esters is 1. The molecule has 0 spiro atoms. The highest BCUT2D eigenvalue weighted by Gasteiger charge is 2.43. The molecule has 0 aromatic heterocycles. The first kappa shape index (κ1) is 22.1. The largest absolute Gasteiger partial charge is 0.457 e. The van der Waals surface area contributed by atoms with Crippen molar-refractivity contribution < 1.29 is 23.9 Å². The van der Waals surface area contributed by atoms with E-state index < -0.39 is 23.8 Å². The molecule has 0 N–H and O–H groups in total. The zero-order chi connectivity index (χ0) is 24.2. The van der Waals surface area contributed by atoms with Crippen LogP contribution in [0.5, 0.6) is 17.2 Å². The Balaban J connectivity index is 1.42. The summed E-state index contributed by atoms with van der Waals surface area (Å²) in [5, 5.41) is 0. The number of imide groups is 1. The van der Waals surface area contributed by atoms with Gasteiger partial charge in [0.05, 0.1) is 11.1 Å². The van der Waals surface area contributed by atoms with E-state index in [-0.39, 0.29) is 23.3 Å². The van der Waals surface area contributed by atoms with Crippen LogP contribution in [-0.2, 0) is 11.2 Å². The highest BCUT2D eigenvalue weighted by molar-refractivity contribution is 6.22. The second kappa shape index (κ2) is 9.65. The van der Waals surface area contributed by atoms with Gasteiger partial charge in [0.25, 0.3) is 11.8 Å². The van der Waals surface area contributed by atoms with Crippen LogP contribution in [0.2, 0.25) is 0 Å². The molecule has 4 aromatic rings. The Morgan fingerprint density at radius 1 is 0.657 bits per heavy atom. The zero-order valence-corrected chi connectivity index (χ0v) is 18.7. The second-order valence-electron chi connectivity index (χ2n) is 8.04.